The van der Waals surface area contributed by atoms with Gasteiger partial charge in [0.2, 0.25) is 5.95 Å². The molecule has 3 aromatic heterocycles. The first-order valence-corrected chi connectivity index (χ1v) is 17.1. The normalized spacial score (nSPS) is 11.6. The van der Waals surface area contributed by atoms with Gasteiger partial charge in [0.15, 0.2) is 5.69 Å². The molecule has 10 rings (SSSR count). The first kappa shape index (κ1) is 28.2. The van der Waals surface area contributed by atoms with E-state index in [9.17, 15) is 5.26 Å². The van der Waals surface area contributed by atoms with Crippen LogP contribution in [0, 0.1) is 17.9 Å². The topological polar surface area (TPSA) is 58.9 Å². The lowest BCUT2D eigenvalue weighted by Crippen LogP contribution is -2.04. The van der Waals surface area contributed by atoms with Crippen molar-refractivity contribution in [1.29, 1.82) is 5.26 Å². The quantitative estimate of drug-likeness (QED) is 0.141. The van der Waals surface area contributed by atoms with Gasteiger partial charge in [-0.15, -0.1) is 11.3 Å². The van der Waals surface area contributed by atoms with Crippen LogP contribution in [-0.2, 0) is 0 Å². The van der Waals surface area contributed by atoms with E-state index in [-0.39, 0.29) is 0 Å². The van der Waals surface area contributed by atoms with Gasteiger partial charge < -0.3 is 0 Å². The molecule has 0 unspecified atom stereocenters. The Kier molecular flexibility index (Phi) is 6.11. The highest BCUT2D eigenvalue weighted by Crippen LogP contribution is 2.49. The second kappa shape index (κ2) is 10.8. The lowest BCUT2D eigenvalue weighted by molar-refractivity contribution is 0.998. The zero-order chi connectivity index (χ0) is 33.3. The molecule has 0 saturated carbocycles. The molecule has 0 aliphatic heterocycles. The van der Waals surface area contributed by atoms with E-state index in [2.05, 4.69) is 100 Å². The summed E-state index contributed by atoms with van der Waals surface area (Å²) in [4.78, 5) is 14.2. The third-order valence-electron chi connectivity index (χ3n) is 9.65. The van der Waals surface area contributed by atoms with Crippen molar-refractivity contribution < 1.29 is 0 Å². The maximum atomic E-state index is 9.48. The maximum Gasteiger partial charge on any atom is 0.235 e. The molecular formula is C44H23N5S. The third-order valence-corrected chi connectivity index (χ3v) is 10.8. The molecule has 0 saturated heterocycles. The third kappa shape index (κ3) is 4.10. The highest BCUT2D eigenvalue weighted by atomic mass is 32.1. The van der Waals surface area contributed by atoms with Crippen molar-refractivity contribution in [2.24, 2.45) is 0 Å². The minimum absolute atomic E-state index is 0.555. The summed E-state index contributed by atoms with van der Waals surface area (Å²) in [5, 5.41) is 19.1. The van der Waals surface area contributed by atoms with E-state index in [1.165, 1.54) is 47.1 Å². The van der Waals surface area contributed by atoms with Gasteiger partial charge in [-0.2, -0.15) is 5.26 Å². The molecule has 0 aliphatic rings. The summed E-state index contributed by atoms with van der Waals surface area (Å²) in [6.45, 7) is 7.47. The van der Waals surface area contributed by atoms with Crippen molar-refractivity contribution in [1.82, 2.24) is 14.5 Å². The molecule has 50 heavy (non-hydrogen) atoms. The van der Waals surface area contributed by atoms with Gasteiger partial charge in [-0.3, -0.25) is 4.57 Å². The van der Waals surface area contributed by atoms with Crippen LogP contribution in [0.5, 0.6) is 0 Å². The van der Waals surface area contributed by atoms with Crippen LogP contribution in [0.1, 0.15) is 5.56 Å². The average molecular weight is 654 g/mol. The summed E-state index contributed by atoms with van der Waals surface area (Å²) in [5.74, 6) is 0.555. The van der Waals surface area contributed by atoms with Crippen LogP contribution in [0.3, 0.4) is 0 Å². The van der Waals surface area contributed by atoms with Gasteiger partial charge in [0.05, 0.1) is 40.6 Å². The van der Waals surface area contributed by atoms with Gasteiger partial charge in [-0.1, -0.05) is 109 Å². The van der Waals surface area contributed by atoms with E-state index in [1.807, 2.05) is 65.9 Å². The summed E-state index contributed by atoms with van der Waals surface area (Å²) < 4.78 is 4.71. The fourth-order valence-corrected chi connectivity index (χ4v) is 8.67. The smallest absolute Gasteiger partial charge is 0.235 e. The Labute approximate surface area is 290 Å². The van der Waals surface area contributed by atoms with E-state index in [4.69, 9.17) is 16.5 Å². The number of fused-ring (bicyclic) bond motifs is 12. The van der Waals surface area contributed by atoms with E-state index >= 15 is 0 Å². The maximum absolute atomic E-state index is 9.48. The lowest BCUT2D eigenvalue weighted by atomic mass is 9.95. The molecule has 3 heterocycles. The van der Waals surface area contributed by atoms with Gasteiger partial charge in [-0.25, -0.2) is 14.8 Å². The van der Waals surface area contributed by atoms with Crippen LogP contribution >= 0.6 is 11.3 Å². The van der Waals surface area contributed by atoms with Crippen LogP contribution < -0.4 is 0 Å². The summed E-state index contributed by atoms with van der Waals surface area (Å²) >= 11 is 1.84. The number of hydrogen-bond donors (Lipinski definition) is 0. The molecule has 0 spiro atoms. The number of benzene rings is 7. The van der Waals surface area contributed by atoms with Crippen LogP contribution in [0.25, 0.3) is 96.8 Å². The Balaban J connectivity index is 1.40. The number of hydrogen-bond acceptors (Lipinski definition) is 4. The van der Waals surface area contributed by atoms with E-state index < -0.39 is 0 Å². The zero-order valence-corrected chi connectivity index (χ0v) is 27.2. The second-order valence-corrected chi connectivity index (χ2v) is 13.4. The summed E-state index contributed by atoms with van der Waals surface area (Å²) in [6, 6.07) is 49.6. The molecule has 0 amide bonds. The Morgan fingerprint density at radius 2 is 1.28 bits per heavy atom. The Morgan fingerprint density at radius 1 is 0.620 bits per heavy atom. The summed E-state index contributed by atoms with van der Waals surface area (Å²) in [7, 11) is 0. The highest BCUT2D eigenvalue weighted by molar-refractivity contribution is 7.27. The standard InChI is InChI=1S/C44H23N5S/c1-46-30-21-18-29(19-22-30)36-24-35(28-16-14-26(25-45)15-17-28)47-44(48-36)49-37-12-6-4-10-32(37)39-34-23-20-27-8-2-3-9-31(27)40(34)43-41(42(39)49)33-11-5-7-13-38(33)50-43/h2-24H. The first-order chi connectivity index (χ1) is 24.7. The van der Waals surface area contributed by atoms with Crippen molar-refractivity contribution in [3.63, 3.8) is 0 Å². The molecule has 0 atom stereocenters. The Bertz CT molecular complexity index is 3030. The van der Waals surface area contributed by atoms with Gasteiger partial charge in [0.1, 0.15) is 0 Å². The molecule has 5 nitrogen and oxygen atoms in total. The summed E-state index contributed by atoms with van der Waals surface area (Å²) in [6.07, 6.45) is 0. The van der Waals surface area contributed by atoms with E-state index in [0.29, 0.717) is 17.2 Å². The number of aromatic nitrogens is 3. The van der Waals surface area contributed by atoms with Crippen molar-refractivity contribution in [2.45, 2.75) is 0 Å². The van der Waals surface area contributed by atoms with Crippen LogP contribution in [0.4, 0.5) is 5.69 Å². The SMILES string of the molecule is [C-]#[N+]c1ccc(-c2cc(-c3ccc(C#N)cc3)nc(-n3c4ccccc4c4c5ccc6ccccc6c5c5sc6ccccc6c5c43)n2)cc1. The van der Waals surface area contributed by atoms with Crippen molar-refractivity contribution in [3.8, 4) is 34.5 Å². The van der Waals surface area contributed by atoms with E-state index in [1.54, 1.807) is 0 Å². The van der Waals surface area contributed by atoms with Crippen molar-refractivity contribution in [2.75, 3.05) is 0 Å². The number of thiophene rings is 1. The van der Waals surface area contributed by atoms with Crippen molar-refractivity contribution in [3.05, 3.63) is 157 Å². The largest absolute Gasteiger partial charge is 0.277 e. The van der Waals surface area contributed by atoms with Gasteiger partial charge >= 0.3 is 0 Å². The number of nitrogens with zero attached hydrogens (tertiary/aromatic N) is 5. The van der Waals surface area contributed by atoms with Gasteiger partial charge in [0, 0.05) is 41.9 Å². The highest BCUT2D eigenvalue weighted by Gasteiger charge is 2.24. The van der Waals surface area contributed by atoms with Crippen LogP contribution in [-0.4, -0.2) is 14.5 Å². The predicted octanol–water partition coefficient (Wildman–Crippen LogP) is 12.0. The zero-order valence-electron chi connectivity index (χ0n) is 26.4. The minimum Gasteiger partial charge on any atom is -0.277 e. The summed E-state index contributed by atoms with van der Waals surface area (Å²) in [5.41, 5.74) is 6.52. The van der Waals surface area contributed by atoms with E-state index in [0.717, 1.165) is 38.9 Å². The molecule has 10 aromatic rings. The molecule has 7 aromatic carbocycles. The Morgan fingerprint density at radius 3 is 2.02 bits per heavy atom. The molecule has 0 N–H and O–H groups in total. The lowest BCUT2D eigenvalue weighted by Gasteiger charge is -2.13. The number of rotatable bonds is 3. The molecule has 0 bridgehead atoms. The number of para-hydroxylation sites is 1. The molecule has 6 heteroatoms. The fourth-order valence-electron chi connectivity index (χ4n) is 7.39. The molecule has 0 fully saturated rings. The first-order valence-electron chi connectivity index (χ1n) is 16.3. The second-order valence-electron chi connectivity index (χ2n) is 12.4. The molecule has 230 valence electrons. The minimum atomic E-state index is 0.555. The van der Waals surface area contributed by atoms with Crippen LogP contribution in [0.15, 0.2) is 140 Å². The average Bonchev–Trinajstić information content (AvgIpc) is 3.74. The van der Waals surface area contributed by atoms with Gasteiger partial charge in [0.25, 0.3) is 0 Å². The molecule has 0 radical (unpaired) electrons. The molecular weight excluding hydrogens is 631 g/mol. The van der Waals surface area contributed by atoms with Gasteiger partial charge in [-0.05, 0) is 52.1 Å². The predicted molar refractivity (Wildman–Crippen MR) is 206 cm³/mol. The number of nitriles is 1. The van der Waals surface area contributed by atoms with Crippen molar-refractivity contribution >= 4 is 80.5 Å². The Hall–Kier alpha value is -6.86. The fraction of sp³-hybridized carbons (Fsp3) is 0. The van der Waals surface area contributed by atoms with Crippen LogP contribution in [0.2, 0.25) is 0 Å². The molecule has 0 aliphatic carbocycles. The monoisotopic (exact) mass is 653 g/mol.